The topological polar surface area (TPSA) is 84.7 Å². The summed E-state index contributed by atoms with van der Waals surface area (Å²) in [6.07, 6.45) is 8.83. The number of rotatable bonds is 3. The SMILES string of the molecule is C=C1C(N)=Nc2ccccc2N1/C=C(\N)C(=O)C1=CC=CCC1. The van der Waals surface area contributed by atoms with E-state index in [-0.39, 0.29) is 11.5 Å². The van der Waals surface area contributed by atoms with Gasteiger partial charge in [-0.15, -0.1) is 0 Å². The summed E-state index contributed by atoms with van der Waals surface area (Å²) in [7, 11) is 0. The molecular formula is C18H18N4O. The molecule has 0 unspecified atom stereocenters. The first-order valence-electron chi connectivity index (χ1n) is 7.37. The summed E-state index contributed by atoms with van der Waals surface area (Å²) in [5.74, 6) is 0.140. The summed E-state index contributed by atoms with van der Waals surface area (Å²) in [4.78, 5) is 18.5. The summed E-state index contributed by atoms with van der Waals surface area (Å²) >= 11 is 0. The van der Waals surface area contributed by atoms with Crippen LogP contribution in [0.4, 0.5) is 11.4 Å². The van der Waals surface area contributed by atoms with Crippen LogP contribution in [0.15, 0.2) is 77.2 Å². The lowest BCUT2D eigenvalue weighted by atomic mass is 9.99. The van der Waals surface area contributed by atoms with E-state index in [1.165, 1.54) is 0 Å². The number of aliphatic imine (C=N–C) groups is 1. The number of nitrogens with two attached hydrogens (primary N) is 2. The molecule has 3 rings (SSSR count). The lowest BCUT2D eigenvalue weighted by Gasteiger charge is -2.28. The summed E-state index contributed by atoms with van der Waals surface area (Å²) in [6, 6.07) is 7.49. The zero-order valence-electron chi connectivity index (χ0n) is 12.7. The van der Waals surface area contributed by atoms with Gasteiger partial charge in [0.1, 0.15) is 5.84 Å². The van der Waals surface area contributed by atoms with E-state index in [2.05, 4.69) is 11.6 Å². The number of hydrogen-bond donors (Lipinski definition) is 2. The molecule has 23 heavy (non-hydrogen) atoms. The zero-order chi connectivity index (χ0) is 16.4. The number of anilines is 1. The summed E-state index contributed by atoms with van der Waals surface area (Å²) in [5, 5.41) is 0. The number of fused-ring (bicyclic) bond motifs is 1. The first kappa shape index (κ1) is 14.8. The fourth-order valence-electron chi connectivity index (χ4n) is 2.55. The Labute approximate surface area is 135 Å². The van der Waals surface area contributed by atoms with Gasteiger partial charge in [-0.05, 0) is 25.0 Å². The highest BCUT2D eigenvalue weighted by Gasteiger charge is 2.22. The Bertz CT molecular complexity index is 799. The van der Waals surface area contributed by atoms with Gasteiger partial charge in [0.15, 0.2) is 0 Å². The van der Waals surface area contributed by atoms with Crippen molar-refractivity contribution in [2.24, 2.45) is 16.5 Å². The molecule has 0 aromatic heterocycles. The predicted molar refractivity (Wildman–Crippen MR) is 93.1 cm³/mol. The molecule has 5 heteroatoms. The lowest BCUT2D eigenvalue weighted by molar-refractivity contribution is -0.112. The smallest absolute Gasteiger partial charge is 0.206 e. The molecule has 5 nitrogen and oxygen atoms in total. The molecule has 0 saturated heterocycles. The monoisotopic (exact) mass is 306 g/mol. The molecule has 1 aliphatic carbocycles. The number of benzene rings is 1. The Morgan fingerprint density at radius 3 is 2.87 bits per heavy atom. The number of amidine groups is 1. The van der Waals surface area contributed by atoms with E-state index in [0.29, 0.717) is 29.2 Å². The number of allylic oxidation sites excluding steroid dienone is 4. The summed E-state index contributed by atoms with van der Waals surface area (Å²) in [6.45, 7) is 3.93. The van der Waals surface area contributed by atoms with Crippen LogP contribution in [0.5, 0.6) is 0 Å². The van der Waals surface area contributed by atoms with Crippen LogP contribution in [-0.4, -0.2) is 11.6 Å². The van der Waals surface area contributed by atoms with Gasteiger partial charge in [-0.25, -0.2) is 4.99 Å². The van der Waals surface area contributed by atoms with Crippen LogP contribution in [0.1, 0.15) is 12.8 Å². The first-order chi connectivity index (χ1) is 11.1. The van der Waals surface area contributed by atoms with Gasteiger partial charge in [-0.2, -0.15) is 0 Å². The second-order valence-electron chi connectivity index (χ2n) is 5.37. The predicted octanol–water partition coefficient (Wildman–Crippen LogP) is 2.65. The Hall–Kier alpha value is -3.08. The molecule has 1 aromatic carbocycles. The van der Waals surface area contributed by atoms with E-state index in [1.807, 2.05) is 36.4 Å². The minimum Gasteiger partial charge on any atom is -0.394 e. The summed E-state index contributed by atoms with van der Waals surface area (Å²) < 4.78 is 0. The third kappa shape index (κ3) is 2.81. The van der Waals surface area contributed by atoms with Gasteiger partial charge >= 0.3 is 0 Å². The minimum atomic E-state index is -0.166. The Morgan fingerprint density at radius 2 is 2.13 bits per heavy atom. The maximum atomic E-state index is 12.5. The van der Waals surface area contributed by atoms with Crippen molar-refractivity contribution in [1.82, 2.24) is 0 Å². The van der Waals surface area contributed by atoms with Gasteiger partial charge < -0.3 is 16.4 Å². The van der Waals surface area contributed by atoms with Crippen molar-refractivity contribution >= 4 is 23.0 Å². The molecule has 0 saturated carbocycles. The molecule has 4 N–H and O–H groups in total. The van der Waals surface area contributed by atoms with Gasteiger partial charge in [0.25, 0.3) is 0 Å². The van der Waals surface area contributed by atoms with Crippen molar-refractivity contribution < 1.29 is 4.79 Å². The molecule has 0 spiro atoms. The van der Waals surface area contributed by atoms with Crippen molar-refractivity contribution in [3.05, 3.63) is 72.2 Å². The molecule has 0 atom stereocenters. The van der Waals surface area contributed by atoms with E-state index >= 15 is 0 Å². The van der Waals surface area contributed by atoms with E-state index in [0.717, 1.165) is 12.1 Å². The van der Waals surface area contributed by atoms with E-state index in [4.69, 9.17) is 11.5 Å². The van der Waals surface area contributed by atoms with Crippen LogP contribution < -0.4 is 16.4 Å². The second-order valence-corrected chi connectivity index (χ2v) is 5.37. The van der Waals surface area contributed by atoms with Gasteiger partial charge in [0.05, 0.1) is 22.8 Å². The first-order valence-corrected chi connectivity index (χ1v) is 7.37. The Balaban J connectivity index is 1.96. The average molecular weight is 306 g/mol. The third-order valence-electron chi connectivity index (χ3n) is 3.80. The highest BCUT2D eigenvalue weighted by molar-refractivity contribution is 6.10. The Kier molecular flexibility index (Phi) is 3.85. The minimum absolute atomic E-state index is 0.150. The highest BCUT2D eigenvalue weighted by atomic mass is 16.1. The van der Waals surface area contributed by atoms with Crippen LogP contribution in [0.3, 0.4) is 0 Å². The maximum absolute atomic E-state index is 12.5. The Morgan fingerprint density at radius 1 is 1.35 bits per heavy atom. The molecule has 1 aromatic rings. The number of hydrogen-bond acceptors (Lipinski definition) is 5. The molecule has 0 amide bonds. The fraction of sp³-hybridized carbons (Fsp3) is 0.111. The van der Waals surface area contributed by atoms with Crippen molar-refractivity contribution in [2.75, 3.05) is 4.90 Å². The quantitative estimate of drug-likeness (QED) is 0.841. The van der Waals surface area contributed by atoms with Gasteiger partial charge in [-0.3, -0.25) is 4.79 Å². The van der Waals surface area contributed by atoms with E-state index in [9.17, 15) is 4.79 Å². The molecule has 0 bridgehead atoms. The van der Waals surface area contributed by atoms with Crippen LogP contribution in [0.2, 0.25) is 0 Å². The van der Waals surface area contributed by atoms with Gasteiger partial charge in [0, 0.05) is 11.8 Å². The number of Topliss-reactive ketones (excluding diaryl/α,β-unsaturated/α-hetero) is 1. The average Bonchev–Trinajstić information content (AvgIpc) is 2.59. The molecule has 1 heterocycles. The number of para-hydroxylation sites is 2. The lowest BCUT2D eigenvalue weighted by Crippen LogP contribution is -2.31. The van der Waals surface area contributed by atoms with Gasteiger partial charge in [0.2, 0.25) is 5.78 Å². The van der Waals surface area contributed by atoms with Gasteiger partial charge in [-0.1, -0.05) is 36.9 Å². The van der Waals surface area contributed by atoms with E-state index in [1.54, 1.807) is 17.2 Å². The van der Waals surface area contributed by atoms with Crippen molar-refractivity contribution in [3.8, 4) is 0 Å². The van der Waals surface area contributed by atoms with Crippen LogP contribution in [0, 0.1) is 0 Å². The fourth-order valence-corrected chi connectivity index (χ4v) is 2.55. The number of carbonyl (C=O) groups excluding carboxylic acids is 1. The standard InChI is InChI=1S/C18H18N4O/c1-12-18(20)21-15-9-5-6-10-16(15)22(12)11-14(19)17(23)13-7-3-2-4-8-13/h2-3,5-7,9-11H,1,4,8,19H2,(H2,20,21)/b14-11-. The maximum Gasteiger partial charge on any atom is 0.206 e. The van der Waals surface area contributed by atoms with Crippen LogP contribution in [-0.2, 0) is 4.79 Å². The van der Waals surface area contributed by atoms with Crippen LogP contribution >= 0.6 is 0 Å². The van der Waals surface area contributed by atoms with Crippen molar-refractivity contribution in [3.63, 3.8) is 0 Å². The molecular weight excluding hydrogens is 288 g/mol. The molecule has 2 aliphatic rings. The molecule has 0 radical (unpaired) electrons. The number of carbonyl (C=O) groups is 1. The molecule has 0 fully saturated rings. The van der Waals surface area contributed by atoms with Crippen LogP contribution in [0.25, 0.3) is 0 Å². The van der Waals surface area contributed by atoms with E-state index < -0.39 is 0 Å². The zero-order valence-corrected chi connectivity index (χ0v) is 12.7. The molecule has 1 aliphatic heterocycles. The number of nitrogens with zero attached hydrogens (tertiary/aromatic N) is 2. The normalized spacial score (nSPS) is 17.5. The molecule has 116 valence electrons. The number of ketones is 1. The summed E-state index contributed by atoms with van der Waals surface area (Å²) in [5.41, 5.74) is 14.8. The highest BCUT2D eigenvalue weighted by Crippen LogP contribution is 2.35. The third-order valence-corrected chi connectivity index (χ3v) is 3.80. The second kappa shape index (κ2) is 5.96. The largest absolute Gasteiger partial charge is 0.394 e. The van der Waals surface area contributed by atoms with Crippen molar-refractivity contribution in [2.45, 2.75) is 12.8 Å². The van der Waals surface area contributed by atoms with Crippen molar-refractivity contribution in [1.29, 1.82) is 0 Å².